The topological polar surface area (TPSA) is 79.4 Å². The molecule has 0 unspecified atom stereocenters. The molecule has 158 valence electrons. The van der Waals surface area contributed by atoms with Crippen molar-refractivity contribution in [3.63, 3.8) is 0 Å². The van der Waals surface area contributed by atoms with Crippen molar-refractivity contribution in [1.82, 2.24) is 14.8 Å². The quantitative estimate of drug-likeness (QED) is 0.268. The molecule has 0 spiro atoms. The molecule has 0 aliphatic carbocycles. The Labute approximate surface area is 187 Å². The van der Waals surface area contributed by atoms with Gasteiger partial charge in [-0.25, -0.2) is 0 Å². The Balaban J connectivity index is 1.65. The number of ether oxygens (including phenoxy) is 2. The Kier molecular flexibility index (Phi) is 6.29. The Morgan fingerprint density at radius 3 is 2.58 bits per heavy atom. The minimum Gasteiger partial charge on any atom is -0.497 e. The number of benzene rings is 2. The summed E-state index contributed by atoms with van der Waals surface area (Å²) in [6, 6.07) is 16.0. The zero-order valence-corrected chi connectivity index (χ0v) is 18.3. The average Bonchev–Trinajstić information content (AvgIpc) is 3.47. The van der Waals surface area contributed by atoms with Gasteiger partial charge in [0.2, 0.25) is 5.82 Å². The Morgan fingerprint density at radius 2 is 1.90 bits per heavy atom. The van der Waals surface area contributed by atoms with Crippen LogP contribution in [0.3, 0.4) is 0 Å². The van der Waals surface area contributed by atoms with E-state index in [9.17, 15) is 4.79 Å². The van der Waals surface area contributed by atoms with Crippen LogP contribution in [0.2, 0.25) is 5.02 Å². The molecule has 0 aliphatic rings. The first-order valence-electron chi connectivity index (χ1n) is 9.24. The molecule has 0 aliphatic heterocycles. The highest BCUT2D eigenvalue weighted by Crippen LogP contribution is 2.31. The van der Waals surface area contributed by atoms with Gasteiger partial charge >= 0.3 is 0 Å². The van der Waals surface area contributed by atoms with Crippen LogP contribution in [0, 0.1) is 0 Å². The Hall–Kier alpha value is -3.23. The van der Waals surface area contributed by atoms with Crippen LogP contribution in [0.1, 0.15) is 10.4 Å². The van der Waals surface area contributed by atoms with Crippen LogP contribution in [-0.2, 0) is 0 Å². The summed E-state index contributed by atoms with van der Waals surface area (Å²) in [5.41, 5.74) is 1.24. The maximum atomic E-state index is 12.9. The maximum Gasteiger partial charge on any atom is 0.205 e. The van der Waals surface area contributed by atoms with Crippen LogP contribution in [-0.4, -0.2) is 40.5 Å². The van der Waals surface area contributed by atoms with Crippen molar-refractivity contribution in [2.75, 3.05) is 20.0 Å². The van der Waals surface area contributed by atoms with Gasteiger partial charge in [-0.3, -0.25) is 9.36 Å². The van der Waals surface area contributed by atoms with E-state index in [0.717, 1.165) is 5.69 Å². The minimum atomic E-state index is -0.119. The molecule has 31 heavy (non-hydrogen) atoms. The van der Waals surface area contributed by atoms with Gasteiger partial charge in [0.15, 0.2) is 16.7 Å². The average molecular weight is 456 g/mol. The molecule has 4 aromatic rings. The van der Waals surface area contributed by atoms with Gasteiger partial charge < -0.3 is 13.9 Å². The van der Waals surface area contributed by atoms with Crippen LogP contribution in [0.25, 0.3) is 17.3 Å². The largest absolute Gasteiger partial charge is 0.497 e. The highest BCUT2D eigenvalue weighted by atomic mass is 35.5. The van der Waals surface area contributed by atoms with E-state index in [0.29, 0.717) is 38.8 Å². The summed E-state index contributed by atoms with van der Waals surface area (Å²) < 4.78 is 17.9. The number of hydrogen-bond donors (Lipinski definition) is 0. The predicted octanol–water partition coefficient (Wildman–Crippen LogP) is 5.17. The number of hydrogen-bond acceptors (Lipinski definition) is 7. The van der Waals surface area contributed by atoms with Crippen LogP contribution < -0.4 is 9.47 Å². The fourth-order valence-corrected chi connectivity index (χ4v) is 3.95. The molecule has 2 heterocycles. The molecule has 0 amide bonds. The number of methoxy groups -OCH3 is 2. The van der Waals surface area contributed by atoms with Crippen molar-refractivity contribution >= 4 is 29.1 Å². The van der Waals surface area contributed by atoms with Gasteiger partial charge in [-0.2, -0.15) is 0 Å². The van der Waals surface area contributed by atoms with Crippen LogP contribution >= 0.6 is 23.4 Å². The standard InChI is InChI=1S/C22H18ClN3O4S/c1-28-16-9-10-19(29-2)17(12-16)18(27)13-31-22-25-24-21(20-4-3-11-30-20)26(22)15-7-5-14(23)6-8-15/h3-12H,13H2,1-2H3. The molecule has 0 fully saturated rings. The lowest BCUT2D eigenvalue weighted by Gasteiger charge is -2.11. The predicted molar refractivity (Wildman–Crippen MR) is 119 cm³/mol. The van der Waals surface area contributed by atoms with Gasteiger partial charge in [-0.05, 0) is 54.6 Å². The van der Waals surface area contributed by atoms with Crippen LogP contribution in [0.5, 0.6) is 11.5 Å². The van der Waals surface area contributed by atoms with E-state index in [1.807, 2.05) is 16.7 Å². The lowest BCUT2D eigenvalue weighted by molar-refractivity contribution is 0.101. The van der Waals surface area contributed by atoms with E-state index in [-0.39, 0.29) is 11.5 Å². The molecule has 2 aromatic heterocycles. The third-order valence-electron chi connectivity index (χ3n) is 4.50. The zero-order chi connectivity index (χ0) is 21.8. The lowest BCUT2D eigenvalue weighted by Crippen LogP contribution is -2.07. The summed E-state index contributed by atoms with van der Waals surface area (Å²) in [4.78, 5) is 12.9. The molecule has 0 bridgehead atoms. The maximum absolute atomic E-state index is 12.9. The third kappa shape index (κ3) is 4.45. The molecule has 0 N–H and O–H groups in total. The molecule has 2 aromatic carbocycles. The second kappa shape index (κ2) is 9.28. The van der Waals surface area contributed by atoms with E-state index >= 15 is 0 Å². The molecular formula is C22H18ClN3O4S. The fraction of sp³-hybridized carbons (Fsp3) is 0.136. The molecule has 9 heteroatoms. The summed E-state index contributed by atoms with van der Waals surface area (Å²) in [7, 11) is 3.08. The van der Waals surface area contributed by atoms with Crippen molar-refractivity contribution in [3.8, 4) is 28.8 Å². The third-order valence-corrected chi connectivity index (χ3v) is 5.68. The van der Waals surface area contributed by atoms with E-state index in [2.05, 4.69) is 10.2 Å². The highest BCUT2D eigenvalue weighted by molar-refractivity contribution is 7.99. The van der Waals surface area contributed by atoms with Gasteiger partial charge in [0, 0.05) is 10.7 Å². The number of carbonyl (C=O) groups is 1. The number of furan rings is 1. The number of rotatable bonds is 8. The molecule has 0 saturated carbocycles. The summed E-state index contributed by atoms with van der Waals surface area (Å²) in [5, 5.41) is 9.73. The van der Waals surface area contributed by atoms with Crippen molar-refractivity contribution < 1.29 is 18.7 Å². The summed E-state index contributed by atoms with van der Waals surface area (Å²) >= 11 is 7.31. The molecule has 0 atom stereocenters. The van der Waals surface area contributed by atoms with Crippen molar-refractivity contribution in [2.24, 2.45) is 0 Å². The molecule has 0 radical (unpaired) electrons. The number of aromatic nitrogens is 3. The second-order valence-corrected chi connectivity index (χ2v) is 7.75. The molecule has 0 saturated heterocycles. The first-order valence-corrected chi connectivity index (χ1v) is 10.6. The van der Waals surface area contributed by atoms with E-state index in [1.165, 1.54) is 18.9 Å². The Morgan fingerprint density at radius 1 is 1.10 bits per heavy atom. The van der Waals surface area contributed by atoms with Crippen molar-refractivity contribution in [1.29, 1.82) is 0 Å². The smallest absolute Gasteiger partial charge is 0.205 e. The van der Waals surface area contributed by atoms with E-state index in [4.69, 9.17) is 25.5 Å². The van der Waals surface area contributed by atoms with Gasteiger partial charge in [-0.15, -0.1) is 10.2 Å². The Bertz CT molecular complexity index is 1190. The SMILES string of the molecule is COc1ccc(OC)c(C(=O)CSc2nnc(-c3ccco3)n2-c2ccc(Cl)cc2)c1. The summed E-state index contributed by atoms with van der Waals surface area (Å²) in [5.74, 6) is 2.18. The minimum absolute atomic E-state index is 0.119. The molecular weight excluding hydrogens is 438 g/mol. The van der Waals surface area contributed by atoms with Gasteiger partial charge in [0.05, 0.1) is 31.8 Å². The number of carbonyl (C=O) groups excluding carboxylic acids is 1. The summed E-state index contributed by atoms with van der Waals surface area (Å²) in [6.45, 7) is 0. The number of thioether (sulfide) groups is 1. The van der Waals surface area contributed by atoms with Crippen LogP contribution in [0.15, 0.2) is 70.4 Å². The van der Waals surface area contributed by atoms with Crippen molar-refractivity contribution in [2.45, 2.75) is 5.16 Å². The summed E-state index contributed by atoms with van der Waals surface area (Å²) in [6.07, 6.45) is 1.57. The molecule has 4 rings (SSSR count). The first kappa shape index (κ1) is 21.0. The fourth-order valence-electron chi connectivity index (χ4n) is 2.99. The highest BCUT2D eigenvalue weighted by Gasteiger charge is 2.20. The van der Waals surface area contributed by atoms with E-state index in [1.54, 1.807) is 55.8 Å². The van der Waals surface area contributed by atoms with E-state index < -0.39 is 0 Å². The monoisotopic (exact) mass is 455 g/mol. The zero-order valence-electron chi connectivity index (χ0n) is 16.7. The van der Waals surface area contributed by atoms with Gasteiger partial charge in [-0.1, -0.05) is 23.4 Å². The molecule has 7 nitrogen and oxygen atoms in total. The van der Waals surface area contributed by atoms with Crippen LogP contribution in [0.4, 0.5) is 0 Å². The number of halogens is 1. The van der Waals surface area contributed by atoms with Gasteiger partial charge in [0.1, 0.15) is 11.5 Å². The number of ketones is 1. The normalized spacial score (nSPS) is 10.8. The first-order chi connectivity index (χ1) is 15.1. The number of Topliss-reactive ketones (excluding diaryl/α,β-unsaturated/α-hetero) is 1. The second-order valence-electron chi connectivity index (χ2n) is 6.37. The van der Waals surface area contributed by atoms with Crippen molar-refractivity contribution in [3.05, 3.63) is 71.4 Å². The lowest BCUT2D eigenvalue weighted by atomic mass is 10.1. The number of nitrogens with zero attached hydrogens (tertiary/aromatic N) is 3. The van der Waals surface area contributed by atoms with Gasteiger partial charge in [0.25, 0.3) is 0 Å².